The summed E-state index contributed by atoms with van der Waals surface area (Å²) in [6.07, 6.45) is 0.241. The van der Waals surface area contributed by atoms with Crippen LogP contribution in [0.5, 0.6) is 11.5 Å². The maximum atomic E-state index is 13.5. The van der Waals surface area contributed by atoms with Gasteiger partial charge in [0.2, 0.25) is 0 Å². The maximum absolute atomic E-state index is 13.5. The standard InChI is InChI=1S/C26H25F3N4O4/c1-15-13-31(14-30-15)20-6-7-21-24(35)32(9-10-33(21)23(20)34)16(2)19-12-25(3,4)37-22-8-5-17(11-18(19)22)36-26(27,28)29/h5-8,11-14,16H,9-10H2,1-4H3/t16-/m0/s1. The number of hydrogen-bond donors (Lipinski definition) is 0. The summed E-state index contributed by atoms with van der Waals surface area (Å²) >= 11 is 0. The van der Waals surface area contributed by atoms with Gasteiger partial charge in [-0.25, -0.2) is 4.98 Å². The van der Waals surface area contributed by atoms with Crippen molar-refractivity contribution >= 4 is 11.5 Å². The highest BCUT2D eigenvalue weighted by Gasteiger charge is 2.37. The van der Waals surface area contributed by atoms with Gasteiger partial charge in [-0.1, -0.05) is 0 Å². The third-order valence-corrected chi connectivity index (χ3v) is 6.48. The number of rotatable bonds is 4. The lowest BCUT2D eigenvalue weighted by Gasteiger charge is -2.39. The van der Waals surface area contributed by atoms with Crippen LogP contribution in [0.2, 0.25) is 0 Å². The molecule has 0 radical (unpaired) electrons. The highest BCUT2D eigenvalue weighted by atomic mass is 19.4. The second kappa shape index (κ2) is 8.53. The second-order valence-corrected chi connectivity index (χ2v) is 9.67. The van der Waals surface area contributed by atoms with Gasteiger partial charge in [0.1, 0.15) is 28.5 Å². The number of nitrogens with zero attached hydrogens (tertiary/aromatic N) is 4. The number of amides is 1. The lowest BCUT2D eigenvalue weighted by atomic mass is 9.89. The Labute approximate surface area is 210 Å². The van der Waals surface area contributed by atoms with Crippen LogP contribution >= 0.6 is 0 Å². The summed E-state index contributed by atoms with van der Waals surface area (Å²) in [6.45, 7) is 7.79. The van der Waals surface area contributed by atoms with E-state index in [4.69, 9.17) is 4.74 Å². The van der Waals surface area contributed by atoms with Crippen molar-refractivity contribution in [3.05, 3.63) is 76.2 Å². The fraction of sp³-hybridized carbons (Fsp3) is 0.346. The molecule has 194 valence electrons. The zero-order valence-corrected chi connectivity index (χ0v) is 20.7. The molecule has 0 fully saturated rings. The molecular formula is C26H25F3N4O4. The minimum Gasteiger partial charge on any atom is -0.483 e. The Morgan fingerprint density at radius 1 is 1.14 bits per heavy atom. The van der Waals surface area contributed by atoms with E-state index in [1.807, 2.05) is 27.7 Å². The molecule has 1 amide bonds. The molecule has 0 aliphatic carbocycles. The topological polar surface area (TPSA) is 78.6 Å². The van der Waals surface area contributed by atoms with Crippen molar-refractivity contribution in [1.29, 1.82) is 0 Å². The lowest BCUT2D eigenvalue weighted by Crippen LogP contribution is -2.49. The van der Waals surface area contributed by atoms with Gasteiger partial charge in [-0.3, -0.25) is 9.59 Å². The third-order valence-electron chi connectivity index (χ3n) is 6.48. The largest absolute Gasteiger partial charge is 0.573 e. The van der Waals surface area contributed by atoms with Crippen molar-refractivity contribution in [2.45, 2.75) is 52.2 Å². The molecular weight excluding hydrogens is 489 g/mol. The van der Waals surface area contributed by atoms with Gasteiger partial charge < -0.3 is 23.5 Å². The van der Waals surface area contributed by atoms with Crippen molar-refractivity contribution in [2.75, 3.05) is 6.54 Å². The quantitative estimate of drug-likeness (QED) is 0.518. The molecule has 0 bridgehead atoms. The first-order valence-corrected chi connectivity index (χ1v) is 11.7. The van der Waals surface area contributed by atoms with Gasteiger partial charge >= 0.3 is 6.36 Å². The molecule has 4 heterocycles. The Bertz CT molecular complexity index is 1490. The van der Waals surface area contributed by atoms with Crippen molar-refractivity contribution < 1.29 is 27.4 Å². The first kappa shape index (κ1) is 24.7. The van der Waals surface area contributed by atoms with Crippen LogP contribution in [0.25, 0.3) is 11.3 Å². The summed E-state index contributed by atoms with van der Waals surface area (Å²) in [6, 6.07) is 6.59. The average molecular weight is 515 g/mol. The number of ether oxygens (including phenoxy) is 2. The van der Waals surface area contributed by atoms with Crippen molar-refractivity contribution in [3.63, 3.8) is 0 Å². The van der Waals surface area contributed by atoms with Crippen LogP contribution in [0.1, 0.15) is 42.5 Å². The minimum absolute atomic E-state index is 0.241. The molecule has 1 atom stereocenters. The summed E-state index contributed by atoms with van der Waals surface area (Å²) in [5, 5.41) is 0. The molecule has 0 saturated heterocycles. The van der Waals surface area contributed by atoms with Gasteiger partial charge in [0.25, 0.3) is 11.5 Å². The van der Waals surface area contributed by atoms with Crippen molar-refractivity contribution in [1.82, 2.24) is 19.0 Å². The van der Waals surface area contributed by atoms with E-state index in [0.717, 1.165) is 5.69 Å². The van der Waals surface area contributed by atoms with E-state index < -0.39 is 18.0 Å². The van der Waals surface area contributed by atoms with Crippen LogP contribution in [0.4, 0.5) is 13.2 Å². The Kier molecular flexibility index (Phi) is 5.69. The highest BCUT2D eigenvalue weighted by Crippen LogP contribution is 2.41. The van der Waals surface area contributed by atoms with E-state index in [2.05, 4.69) is 9.72 Å². The number of fused-ring (bicyclic) bond motifs is 2. The number of aromatic nitrogens is 3. The smallest absolute Gasteiger partial charge is 0.483 e. The van der Waals surface area contributed by atoms with Gasteiger partial charge in [-0.2, -0.15) is 0 Å². The average Bonchev–Trinajstić information content (AvgIpc) is 3.23. The Balaban J connectivity index is 1.49. The molecule has 5 rings (SSSR count). The fourth-order valence-corrected chi connectivity index (χ4v) is 4.85. The molecule has 11 heteroatoms. The van der Waals surface area contributed by atoms with E-state index in [-0.39, 0.29) is 36.0 Å². The molecule has 8 nitrogen and oxygen atoms in total. The monoisotopic (exact) mass is 514 g/mol. The molecule has 2 aliphatic rings. The number of carbonyl (C=O) groups excluding carboxylic acids is 1. The highest BCUT2D eigenvalue weighted by molar-refractivity contribution is 5.95. The first-order chi connectivity index (χ1) is 17.3. The molecule has 0 spiro atoms. The van der Waals surface area contributed by atoms with Crippen LogP contribution < -0.4 is 15.0 Å². The molecule has 0 N–H and O–H groups in total. The summed E-state index contributed by atoms with van der Waals surface area (Å²) in [5.74, 6) is -0.333. The van der Waals surface area contributed by atoms with E-state index in [9.17, 15) is 22.8 Å². The van der Waals surface area contributed by atoms with E-state index >= 15 is 0 Å². The SMILES string of the molecule is Cc1cn(-c2ccc3n(c2=O)CCN([C@@H](C)C2=CC(C)(C)Oc4ccc(OC(F)(F)F)cc42)C3=O)cn1. The van der Waals surface area contributed by atoms with E-state index in [1.165, 1.54) is 22.8 Å². The maximum Gasteiger partial charge on any atom is 0.573 e. The van der Waals surface area contributed by atoms with E-state index in [0.29, 0.717) is 22.6 Å². The number of benzene rings is 1. The Hall–Kier alpha value is -4.02. The number of aryl methyl sites for hydroxylation is 1. The van der Waals surface area contributed by atoms with Crippen molar-refractivity contribution in [3.8, 4) is 17.2 Å². The van der Waals surface area contributed by atoms with Crippen LogP contribution in [0, 0.1) is 6.92 Å². The zero-order chi connectivity index (χ0) is 26.7. The van der Waals surface area contributed by atoms with Gasteiger partial charge in [0, 0.05) is 24.8 Å². The summed E-state index contributed by atoms with van der Waals surface area (Å²) in [4.78, 5) is 32.5. The molecule has 1 aromatic carbocycles. The van der Waals surface area contributed by atoms with Crippen molar-refractivity contribution in [2.24, 2.45) is 0 Å². The van der Waals surface area contributed by atoms with Gasteiger partial charge in [0.15, 0.2) is 0 Å². The van der Waals surface area contributed by atoms with Gasteiger partial charge in [-0.05, 0) is 69.7 Å². The molecule has 3 aromatic rings. The lowest BCUT2D eigenvalue weighted by molar-refractivity contribution is -0.274. The van der Waals surface area contributed by atoms with Crippen LogP contribution in [-0.4, -0.2) is 49.5 Å². The third kappa shape index (κ3) is 4.61. The number of carbonyl (C=O) groups is 1. The summed E-state index contributed by atoms with van der Waals surface area (Å²) in [5.41, 5.74) is 1.37. The van der Waals surface area contributed by atoms with Crippen LogP contribution in [0.3, 0.4) is 0 Å². The van der Waals surface area contributed by atoms with Gasteiger partial charge in [0.05, 0.1) is 18.1 Å². The number of alkyl halides is 3. The predicted octanol–water partition coefficient (Wildman–Crippen LogP) is 4.34. The first-order valence-electron chi connectivity index (χ1n) is 11.7. The van der Waals surface area contributed by atoms with Crippen LogP contribution in [-0.2, 0) is 6.54 Å². The normalized spacial score (nSPS) is 17.4. The van der Waals surface area contributed by atoms with Gasteiger partial charge in [-0.15, -0.1) is 13.2 Å². The molecule has 2 aliphatic heterocycles. The number of imidazole rings is 1. The molecule has 0 unspecified atom stereocenters. The molecule has 37 heavy (non-hydrogen) atoms. The number of hydrogen-bond acceptors (Lipinski definition) is 5. The second-order valence-electron chi connectivity index (χ2n) is 9.67. The van der Waals surface area contributed by atoms with E-state index in [1.54, 1.807) is 40.2 Å². The number of pyridine rings is 1. The molecule has 2 aromatic heterocycles. The Morgan fingerprint density at radius 2 is 1.89 bits per heavy atom. The summed E-state index contributed by atoms with van der Waals surface area (Å²) < 4.78 is 51.7. The Morgan fingerprint density at radius 3 is 2.57 bits per heavy atom. The predicted molar refractivity (Wildman–Crippen MR) is 129 cm³/mol. The molecule has 0 saturated carbocycles. The zero-order valence-electron chi connectivity index (χ0n) is 20.7. The number of halogens is 3. The minimum atomic E-state index is -4.84. The summed E-state index contributed by atoms with van der Waals surface area (Å²) in [7, 11) is 0. The van der Waals surface area contributed by atoms with Crippen LogP contribution in [0.15, 0.2) is 53.7 Å². The fourth-order valence-electron chi connectivity index (χ4n) is 4.85.